The zero-order valence-electron chi connectivity index (χ0n) is 12.7. The fourth-order valence-electron chi connectivity index (χ4n) is 3.05. The highest BCUT2D eigenvalue weighted by Crippen LogP contribution is 2.25. The smallest absolute Gasteiger partial charge is 0.282 e. The molecule has 0 saturated carbocycles. The maximum Gasteiger partial charge on any atom is 0.282 e. The summed E-state index contributed by atoms with van der Waals surface area (Å²) in [6.45, 7) is 6.12. The fraction of sp³-hybridized carbons (Fsp3) is 1.00. The highest BCUT2D eigenvalue weighted by molar-refractivity contribution is 7.86. The first-order valence-corrected chi connectivity index (χ1v) is 8.91. The average molecular weight is 305 g/mol. The summed E-state index contributed by atoms with van der Waals surface area (Å²) in [7, 11) is -1.52. The summed E-state index contributed by atoms with van der Waals surface area (Å²) in [6, 6.07) is -0.0162. The van der Waals surface area contributed by atoms with Crippen molar-refractivity contribution in [1.29, 1.82) is 0 Å². The predicted octanol–water partition coefficient (Wildman–Crippen LogP) is 0.414. The van der Waals surface area contributed by atoms with Gasteiger partial charge in [-0.2, -0.15) is 17.0 Å². The van der Waals surface area contributed by atoms with E-state index in [1.807, 2.05) is 20.9 Å². The number of piperidine rings is 1. The van der Waals surface area contributed by atoms with Gasteiger partial charge in [-0.05, 0) is 33.7 Å². The van der Waals surface area contributed by atoms with E-state index in [1.54, 1.807) is 8.61 Å². The van der Waals surface area contributed by atoms with Crippen molar-refractivity contribution in [1.82, 2.24) is 13.9 Å². The minimum Gasteiger partial charge on any atom is -0.375 e. The Bertz CT molecular complexity index is 413. The molecule has 2 heterocycles. The predicted molar refractivity (Wildman–Crippen MR) is 78.8 cm³/mol. The lowest BCUT2D eigenvalue weighted by Crippen LogP contribution is -2.58. The van der Waals surface area contributed by atoms with Crippen molar-refractivity contribution in [2.45, 2.75) is 51.3 Å². The number of ether oxygens (including phenoxy) is 1. The van der Waals surface area contributed by atoms with Crippen molar-refractivity contribution in [2.75, 3.05) is 33.3 Å². The average Bonchev–Trinajstić information content (AvgIpc) is 2.42. The molecule has 1 N–H and O–H groups in total. The van der Waals surface area contributed by atoms with Gasteiger partial charge in [-0.25, -0.2) is 0 Å². The lowest BCUT2D eigenvalue weighted by molar-refractivity contribution is -0.0199. The summed E-state index contributed by atoms with van der Waals surface area (Å²) in [4.78, 5) is 0. The quantitative estimate of drug-likeness (QED) is 0.817. The maximum atomic E-state index is 13.0. The second-order valence-electron chi connectivity index (χ2n) is 5.89. The Morgan fingerprint density at radius 1 is 1.25 bits per heavy atom. The SMILES string of the molecule is CNCC1CCCCN1S(=O)(=O)N1CC(C)OCC1C. The van der Waals surface area contributed by atoms with E-state index in [2.05, 4.69) is 5.32 Å². The molecule has 3 unspecified atom stereocenters. The summed E-state index contributed by atoms with van der Waals surface area (Å²) in [5, 5.41) is 3.11. The van der Waals surface area contributed by atoms with Crippen LogP contribution >= 0.6 is 0 Å². The molecule has 6 nitrogen and oxygen atoms in total. The maximum absolute atomic E-state index is 13.0. The Kier molecular flexibility index (Phi) is 5.42. The lowest BCUT2D eigenvalue weighted by Gasteiger charge is -2.42. The summed E-state index contributed by atoms with van der Waals surface area (Å²) in [6.07, 6.45) is 2.96. The first-order chi connectivity index (χ1) is 9.46. The summed E-state index contributed by atoms with van der Waals surface area (Å²) in [5.41, 5.74) is 0. The second-order valence-corrected chi connectivity index (χ2v) is 7.72. The number of nitrogens with one attached hydrogen (secondary N) is 1. The van der Waals surface area contributed by atoms with E-state index in [0.29, 0.717) is 26.2 Å². The van der Waals surface area contributed by atoms with Gasteiger partial charge in [0.1, 0.15) is 0 Å². The van der Waals surface area contributed by atoms with Gasteiger partial charge >= 0.3 is 0 Å². The minimum atomic E-state index is -3.39. The molecule has 3 atom stereocenters. The Hall–Kier alpha value is -0.210. The first-order valence-electron chi connectivity index (χ1n) is 7.51. The number of rotatable bonds is 4. The molecule has 0 aromatic carbocycles. The van der Waals surface area contributed by atoms with Crippen LogP contribution in [0.5, 0.6) is 0 Å². The Labute approximate surface area is 122 Å². The van der Waals surface area contributed by atoms with Crippen molar-refractivity contribution in [3.63, 3.8) is 0 Å². The number of hydrogen-bond acceptors (Lipinski definition) is 4. The van der Waals surface area contributed by atoms with Crippen molar-refractivity contribution in [2.24, 2.45) is 0 Å². The molecule has 0 amide bonds. The second kappa shape index (κ2) is 6.70. The van der Waals surface area contributed by atoms with E-state index in [1.165, 1.54) is 0 Å². The van der Waals surface area contributed by atoms with E-state index in [-0.39, 0.29) is 18.2 Å². The van der Waals surface area contributed by atoms with Crippen LogP contribution in [-0.4, -0.2) is 68.5 Å². The number of hydrogen-bond donors (Lipinski definition) is 1. The van der Waals surface area contributed by atoms with Gasteiger partial charge in [-0.1, -0.05) is 6.42 Å². The van der Waals surface area contributed by atoms with Crippen LogP contribution in [0.3, 0.4) is 0 Å². The zero-order valence-corrected chi connectivity index (χ0v) is 13.5. The molecule has 2 rings (SSSR count). The van der Waals surface area contributed by atoms with Gasteiger partial charge in [-0.3, -0.25) is 0 Å². The summed E-state index contributed by atoms with van der Waals surface area (Å²) >= 11 is 0. The fourth-order valence-corrected chi connectivity index (χ4v) is 5.15. The topological polar surface area (TPSA) is 61.9 Å². The largest absolute Gasteiger partial charge is 0.375 e. The molecular weight excluding hydrogens is 278 g/mol. The highest BCUT2D eigenvalue weighted by atomic mass is 32.2. The molecule has 2 saturated heterocycles. The minimum absolute atomic E-state index is 0.0338. The summed E-state index contributed by atoms with van der Waals surface area (Å²) in [5.74, 6) is 0. The van der Waals surface area contributed by atoms with E-state index in [4.69, 9.17) is 4.74 Å². The van der Waals surface area contributed by atoms with Crippen LogP contribution in [-0.2, 0) is 14.9 Å². The molecular formula is C13H27N3O3S. The Morgan fingerprint density at radius 2 is 2.00 bits per heavy atom. The Morgan fingerprint density at radius 3 is 2.70 bits per heavy atom. The normalized spacial score (nSPS) is 34.2. The first kappa shape index (κ1) is 16.2. The van der Waals surface area contributed by atoms with Crippen molar-refractivity contribution in [3.05, 3.63) is 0 Å². The van der Waals surface area contributed by atoms with Crippen molar-refractivity contribution >= 4 is 10.2 Å². The van der Waals surface area contributed by atoms with E-state index < -0.39 is 10.2 Å². The Balaban J connectivity index is 2.18. The van der Waals surface area contributed by atoms with E-state index >= 15 is 0 Å². The molecule has 118 valence electrons. The molecule has 20 heavy (non-hydrogen) atoms. The van der Waals surface area contributed by atoms with Gasteiger partial charge in [0.15, 0.2) is 0 Å². The number of likely N-dealkylation sites (N-methyl/N-ethyl adjacent to an activating group) is 1. The molecule has 0 bridgehead atoms. The van der Waals surface area contributed by atoms with Gasteiger partial charge in [-0.15, -0.1) is 0 Å². The molecule has 0 aromatic heterocycles. The van der Waals surface area contributed by atoms with Gasteiger partial charge in [0.2, 0.25) is 0 Å². The summed E-state index contributed by atoms with van der Waals surface area (Å²) < 4.78 is 34.8. The van der Waals surface area contributed by atoms with Crippen LogP contribution in [0, 0.1) is 0 Å². The van der Waals surface area contributed by atoms with Crippen LogP contribution in [0.1, 0.15) is 33.1 Å². The number of nitrogens with zero attached hydrogens (tertiary/aromatic N) is 2. The molecule has 0 spiro atoms. The van der Waals surface area contributed by atoms with Gasteiger partial charge in [0, 0.05) is 31.7 Å². The van der Waals surface area contributed by atoms with Crippen LogP contribution in [0.2, 0.25) is 0 Å². The van der Waals surface area contributed by atoms with Crippen LogP contribution in [0.25, 0.3) is 0 Å². The van der Waals surface area contributed by atoms with Crippen molar-refractivity contribution < 1.29 is 13.2 Å². The standard InChI is InChI=1S/C13H27N3O3S/c1-11-10-19-12(2)9-16(11)20(17,18)15-7-5-4-6-13(15)8-14-3/h11-14H,4-10H2,1-3H3. The monoisotopic (exact) mass is 305 g/mol. The van der Waals surface area contributed by atoms with Crippen LogP contribution in [0.4, 0.5) is 0 Å². The van der Waals surface area contributed by atoms with E-state index in [0.717, 1.165) is 19.3 Å². The third-order valence-corrected chi connectivity index (χ3v) is 6.33. The van der Waals surface area contributed by atoms with Crippen LogP contribution < -0.4 is 5.32 Å². The molecule has 2 aliphatic rings. The lowest BCUT2D eigenvalue weighted by atomic mass is 10.1. The van der Waals surface area contributed by atoms with E-state index in [9.17, 15) is 8.42 Å². The third-order valence-electron chi connectivity index (χ3n) is 4.16. The van der Waals surface area contributed by atoms with Crippen molar-refractivity contribution in [3.8, 4) is 0 Å². The van der Waals surface area contributed by atoms with Gasteiger partial charge < -0.3 is 10.1 Å². The number of morpholine rings is 1. The van der Waals surface area contributed by atoms with Crippen LogP contribution in [0.15, 0.2) is 0 Å². The highest BCUT2D eigenvalue weighted by Gasteiger charge is 2.40. The third kappa shape index (κ3) is 3.33. The zero-order chi connectivity index (χ0) is 14.8. The molecule has 0 aliphatic carbocycles. The molecule has 7 heteroatoms. The molecule has 0 radical (unpaired) electrons. The molecule has 0 aromatic rings. The molecule has 2 aliphatic heterocycles. The molecule has 2 fully saturated rings. The van der Waals surface area contributed by atoms with Gasteiger partial charge in [0.25, 0.3) is 10.2 Å². The van der Waals surface area contributed by atoms with Gasteiger partial charge in [0.05, 0.1) is 12.7 Å².